The van der Waals surface area contributed by atoms with Crippen LogP contribution in [0.25, 0.3) is 10.6 Å². The minimum absolute atomic E-state index is 0.482. The van der Waals surface area contributed by atoms with E-state index in [4.69, 9.17) is 5.10 Å². The van der Waals surface area contributed by atoms with Crippen molar-refractivity contribution < 1.29 is 0 Å². The predicted molar refractivity (Wildman–Crippen MR) is 72.7 cm³/mol. The highest BCUT2D eigenvalue weighted by molar-refractivity contribution is 7.13. The van der Waals surface area contributed by atoms with Crippen molar-refractivity contribution in [1.82, 2.24) is 9.78 Å². The molecule has 0 saturated heterocycles. The third-order valence-corrected chi connectivity index (χ3v) is 4.38. The van der Waals surface area contributed by atoms with Crippen molar-refractivity contribution in [2.24, 2.45) is 0 Å². The molecule has 3 nitrogen and oxygen atoms in total. The van der Waals surface area contributed by atoms with Gasteiger partial charge in [0, 0.05) is 12.1 Å². The Hall–Kier alpha value is -1.29. The summed E-state index contributed by atoms with van der Waals surface area (Å²) in [6, 6.07) is 5.34. The van der Waals surface area contributed by atoms with Crippen molar-refractivity contribution in [1.29, 1.82) is 0 Å². The second-order valence-corrected chi connectivity index (χ2v) is 5.84. The van der Waals surface area contributed by atoms with E-state index < -0.39 is 0 Å². The molecule has 3 heterocycles. The summed E-state index contributed by atoms with van der Waals surface area (Å²) in [6.07, 6.45) is 1.14. The maximum absolute atomic E-state index is 4.73. The van der Waals surface area contributed by atoms with Gasteiger partial charge in [0.05, 0.1) is 10.9 Å². The molecule has 17 heavy (non-hydrogen) atoms. The molecule has 0 fully saturated rings. The average molecular weight is 247 g/mol. The van der Waals surface area contributed by atoms with Crippen LogP contribution in [0, 0.1) is 6.92 Å². The van der Waals surface area contributed by atoms with Gasteiger partial charge in [-0.1, -0.05) is 0 Å². The van der Waals surface area contributed by atoms with Gasteiger partial charge in [0.25, 0.3) is 0 Å². The van der Waals surface area contributed by atoms with Crippen LogP contribution in [-0.2, 0) is 0 Å². The molecule has 1 N–H and O–H groups in total. The summed E-state index contributed by atoms with van der Waals surface area (Å²) in [7, 11) is 0. The van der Waals surface area contributed by atoms with Crippen LogP contribution in [0.4, 0.5) is 5.82 Å². The van der Waals surface area contributed by atoms with Gasteiger partial charge < -0.3 is 5.32 Å². The third kappa shape index (κ3) is 1.76. The number of rotatable bonds is 1. The Morgan fingerprint density at radius 3 is 3.00 bits per heavy atom. The van der Waals surface area contributed by atoms with E-state index in [1.165, 1.54) is 10.4 Å². The molecule has 90 valence electrons. The van der Waals surface area contributed by atoms with Crippen LogP contribution in [0.1, 0.15) is 31.9 Å². The fraction of sp³-hybridized carbons (Fsp3) is 0.462. The Morgan fingerprint density at radius 1 is 1.47 bits per heavy atom. The molecule has 0 aromatic carbocycles. The van der Waals surface area contributed by atoms with Crippen molar-refractivity contribution in [3.05, 3.63) is 23.1 Å². The number of nitrogens with zero attached hydrogens (tertiary/aromatic N) is 2. The van der Waals surface area contributed by atoms with Crippen LogP contribution in [0.2, 0.25) is 0 Å². The molecular formula is C13H17N3S. The second kappa shape index (κ2) is 3.88. The molecule has 0 aliphatic carbocycles. The van der Waals surface area contributed by atoms with E-state index in [-0.39, 0.29) is 0 Å². The molecule has 2 atom stereocenters. The molecular weight excluding hydrogens is 230 g/mol. The Kier molecular flexibility index (Phi) is 2.47. The fourth-order valence-electron chi connectivity index (χ4n) is 2.51. The van der Waals surface area contributed by atoms with E-state index in [1.807, 2.05) is 0 Å². The lowest BCUT2D eigenvalue weighted by Gasteiger charge is -2.27. The normalized spacial score (nSPS) is 23.2. The monoisotopic (exact) mass is 247 g/mol. The van der Waals surface area contributed by atoms with Gasteiger partial charge >= 0.3 is 0 Å². The molecule has 0 saturated carbocycles. The lowest BCUT2D eigenvalue weighted by Crippen LogP contribution is -2.28. The summed E-state index contributed by atoms with van der Waals surface area (Å²) < 4.78 is 2.12. The number of hydrogen-bond acceptors (Lipinski definition) is 3. The van der Waals surface area contributed by atoms with E-state index >= 15 is 0 Å². The van der Waals surface area contributed by atoms with Gasteiger partial charge in [0.2, 0.25) is 0 Å². The van der Waals surface area contributed by atoms with Crippen molar-refractivity contribution >= 4 is 17.2 Å². The molecule has 2 aromatic heterocycles. The van der Waals surface area contributed by atoms with Gasteiger partial charge in [-0.05, 0) is 44.2 Å². The van der Waals surface area contributed by atoms with E-state index in [0.717, 1.165) is 17.9 Å². The topological polar surface area (TPSA) is 29.9 Å². The van der Waals surface area contributed by atoms with E-state index in [2.05, 4.69) is 48.3 Å². The molecule has 1 aliphatic rings. The second-order valence-electron chi connectivity index (χ2n) is 4.92. The molecule has 3 rings (SSSR count). The van der Waals surface area contributed by atoms with Gasteiger partial charge in [0.15, 0.2) is 0 Å². The van der Waals surface area contributed by atoms with Gasteiger partial charge in [-0.3, -0.25) is 0 Å². The molecule has 0 spiro atoms. The van der Waals surface area contributed by atoms with Crippen LogP contribution >= 0.6 is 11.3 Å². The zero-order valence-electron chi connectivity index (χ0n) is 10.4. The SMILES string of the molecule is Cc1ccsc1-c1cc2n(n1)C(C)CC(C)N2. The first kappa shape index (κ1) is 10.8. The van der Waals surface area contributed by atoms with Gasteiger partial charge in [-0.2, -0.15) is 5.10 Å². The smallest absolute Gasteiger partial charge is 0.125 e. The zero-order valence-corrected chi connectivity index (χ0v) is 11.2. The number of fused-ring (bicyclic) bond motifs is 1. The summed E-state index contributed by atoms with van der Waals surface area (Å²) in [6.45, 7) is 6.60. The van der Waals surface area contributed by atoms with Crippen molar-refractivity contribution in [3.8, 4) is 10.6 Å². The maximum atomic E-state index is 4.73. The van der Waals surface area contributed by atoms with Crippen molar-refractivity contribution in [2.75, 3.05) is 5.32 Å². The first-order chi connectivity index (χ1) is 8.15. The lowest BCUT2D eigenvalue weighted by atomic mass is 10.1. The average Bonchev–Trinajstić information content (AvgIpc) is 2.83. The molecule has 0 amide bonds. The number of aromatic nitrogens is 2. The van der Waals surface area contributed by atoms with E-state index in [0.29, 0.717) is 12.1 Å². The van der Waals surface area contributed by atoms with Crippen molar-refractivity contribution in [2.45, 2.75) is 39.3 Å². The summed E-state index contributed by atoms with van der Waals surface area (Å²) in [5.74, 6) is 1.15. The lowest BCUT2D eigenvalue weighted by molar-refractivity contribution is 0.415. The van der Waals surface area contributed by atoms with Gasteiger partial charge in [-0.25, -0.2) is 4.68 Å². The summed E-state index contributed by atoms with van der Waals surface area (Å²) in [5, 5.41) is 10.4. The minimum Gasteiger partial charge on any atom is -0.368 e. The quantitative estimate of drug-likeness (QED) is 0.833. The Morgan fingerprint density at radius 2 is 2.29 bits per heavy atom. The van der Waals surface area contributed by atoms with Gasteiger partial charge in [-0.15, -0.1) is 11.3 Å². The van der Waals surface area contributed by atoms with Crippen LogP contribution in [0.3, 0.4) is 0 Å². The molecule has 0 bridgehead atoms. The van der Waals surface area contributed by atoms with E-state index in [1.54, 1.807) is 11.3 Å². The van der Waals surface area contributed by atoms with Crippen LogP contribution < -0.4 is 5.32 Å². The summed E-state index contributed by atoms with van der Waals surface area (Å²) in [5.41, 5.74) is 2.41. The van der Waals surface area contributed by atoms with Crippen molar-refractivity contribution in [3.63, 3.8) is 0 Å². The molecule has 1 aliphatic heterocycles. The number of hydrogen-bond donors (Lipinski definition) is 1. The first-order valence-corrected chi connectivity index (χ1v) is 6.93. The van der Waals surface area contributed by atoms with Gasteiger partial charge in [0.1, 0.15) is 11.5 Å². The minimum atomic E-state index is 0.482. The largest absolute Gasteiger partial charge is 0.368 e. The standard InChI is InChI=1S/C13H17N3S/c1-8-4-5-17-13(8)11-7-12-14-9(2)6-10(3)16(12)15-11/h4-5,7,9-10,14H,6H2,1-3H3. The Balaban J connectivity index is 2.05. The Bertz CT molecular complexity index is 541. The number of nitrogens with one attached hydrogen (secondary N) is 1. The molecule has 2 aromatic rings. The summed E-state index contributed by atoms with van der Waals surface area (Å²) >= 11 is 1.76. The number of anilines is 1. The number of aryl methyl sites for hydroxylation is 1. The van der Waals surface area contributed by atoms with Crippen LogP contribution in [-0.4, -0.2) is 15.8 Å². The maximum Gasteiger partial charge on any atom is 0.125 e. The molecule has 2 unspecified atom stereocenters. The number of thiophene rings is 1. The van der Waals surface area contributed by atoms with Crippen LogP contribution in [0.5, 0.6) is 0 Å². The molecule has 4 heteroatoms. The fourth-order valence-corrected chi connectivity index (χ4v) is 3.39. The first-order valence-electron chi connectivity index (χ1n) is 6.05. The molecule has 0 radical (unpaired) electrons. The summed E-state index contributed by atoms with van der Waals surface area (Å²) in [4.78, 5) is 1.29. The highest BCUT2D eigenvalue weighted by atomic mass is 32.1. The predicted octanol–water partition coefficient (Wildman–Crippen LogP) is 3.69. The Labute approximate surface area is 105 Å². The van der Waals surface area contributed by atoms with Crippen LogP contribution in [0.15, 0.2) is 17.5 Å². The highest BCUT2D eigenvalue weighted by Crippen LogP contribution is 2.34. The highest BCUT2D eigenvalue weighted by Gasteiger charge is 2.23. The third-order valence-electron chi connectivity index (χ3n) is 3.34. The van der Waals surface area contributed by atoms with E-state index in [9.17, 15) is 0 Å². The zero-order chi connectivity index (χ0) is 12.0.